The molecule has 7 heteroatoms. The molecular formula is C16H21N3O4. The Morgan fingerprint density at radius 1 is 1.30 bits per heavy atom. The summed E-state index contributed by atoms with van der Waals surface area (Å²) < 4.78 is 5.10. The van der Waals surface area contributed by atoms with Gasteiger partial charge < -0.3 is 20.5 Å². The Bertz CT molecular complexity index is 585. The highest BCUT2D eigenvalue weighted by Gasteiger charge is 2.24. The monoisotopic (exact) mass is 319 g/mol. The number of aliphatic hydroxyl groups is 1. The third kappa shape index (κ3) is 6.80. The van der Waals surface area contributed by atoms with Crippen LogP contribution in [-0.4, -0.2) is 35.4 Å². The zero-order chi connectivity index (χ0) is 17.5. The fourth-order valence-electron chi connectivity index (χ4n) is 1.71. The van der Waals surface area contributed by atoms with Gasteiger partial charge in [-0.25, -0.2) is 4.79 Å². The molecule has 1 aromatic rings. The number of hydrogen-bond donors (Lipinski definition) is 3. The van der Waals surface area contributed by atoms with Crippen LogP contribution in [0.15, 0.2) is 24.3 Å². The molecule has 124 valence electrons. The summed E-state index contributed by atoms with van der Waals surface area (Å²) in [5, 5.41) is 22.8. The molecule has 0 spiro atoms. The van der Waals surface area contributed by atoms with E-state index in [9.17, 15) is 9.59 Å². The van der Waals surface area contributed by atoms with E-state index in [4.69, 9.17) is 15.1 Å². The average molecular weight is 319 g/mol. The molecule has 0 aliphatic rings. The van der Waals surface area contributed by atoms with E-state index in [1.165, 1.54) is 0 Å². The first kappa shape index (κ1) is 18.5. The summed E-state index contributed by atoms with van der Waals surface area (Å²) in [5.41, 5.74) is 0.280. The molecule has 0 aromatic heterocycles. The molecule has 0 aliphatic carbocycles. The normalized spacial score (nSPS) is 12.0. The molecule has 0 fully saturated rings. The summed E-state index contributed by atoms with van der Waals surface area (Å²) in [6.07, 6.45) is -0.674. The third-order valence-electron chi connectivity index (χ3n) is 2.71. The molecule has 1 atom stereocenters. The van der Waals surface area contributed by atoms with Gasteiger partial charge in [-0.2, -0.15) is 5.26 Å². The van der Waals surface area contributed by atoms with E-state index >= 15 is 0 Å². The molecule has 3 N–H and O–H groups in total. The number of nitriles is 1. The van der Waals surface area contributed by atoms with Gasteiger partial charge in [-0.15, -0.1) is 0 Å². The van der Waals surface area contributed by atoms with Gasteiger partial charge >= 0.3 is 6.09 Å². The minimum atomic E-state index is -0.925. The maximum atomic E-state index is 12.2. The lowest BCUT2D eigenvalue weighted by atomic mass is 10.1. The molecule has 0 saturated heterocycles. The topological polar surface area (TPSA) is 111 Å². The average Bonchev–Trinajstić information content (AvgIpc) is 2.45. The number of nitrogens with one attached hydrogen (secondary N) is 2. The highest BCUT2D eigenvalue weighted by molar-refractivity contribution is 5.96. The molecule has 0 bridgehead atoms. The van der Waals surface area contributed by atoms with Crippen molar-refractivity contribution in [2.45, 2.75) is 38.8 Å². The maximum Gasteiger partial charge on any atom is 0.408 e. The molecule has 0 heterocycles. The lowest BCUT2D eigenvalue weighted by Gasteiger charge is -2.23. The van der Waals surface area contributed by atoms with Crippen molar-refractivity contribution in [3.8, 4) is 6.07 Å². The second kappa shape index (κ2) is 8.15. The number of anilines is 1. The van der Waals surface area contributed by atoms with E-state index < -0.39 is 23.6 Å². The van der Waals surface area contributed by atoms with Crippen molar-refractivity contribution in [1.82, 2.24) is 5.32 Å². The van der Waals surface area contributed by atoms with Gasteiger partial charge in [0, 0.05) is 12.3 Å². The summed E-state index contributed by atoms with van der Waals surface area (Å²) in [6, 6.07) is 7.35. The number of benzene rings is 1. The van der Waals surface area contributed by atoms with Crippen molar-refractivity contribution in [2.24, 2.45) is 0 Å². The molecule has 1 rings (SSSR count). The largest absolute Gasteiger partial charge is 0.444 e. The predicted molar refractivity (Wildman–Crippen MR) is 84.6 cm³/mol. The number of hydrogen-bond acceptors (Lipinski definition) is 5. The molecule has 0 aliphatic heterocycles. The van der Waals surface area contributed by atoms with Crippen LogP contribution < -0.4 is 10.6 Å². The molecule has 0 saturated carbocycles. The van der Waals surface area contributed by atoms with Gasteiger partial charge in [0.25, 0.3) is 0 Å². The van der Waals surface area contributed by atoms with E-state index in [1.54, 1.807) is 45.0 Å². The van der Waals surface area contributed by atoms with Crippen LogP contribution in [0.25, 0.3) is 0 Å². The summed E-state index contributed by atoms with van der Waals surface area (Å²) >= 11 is 0. The Morgan fingerprint density at radius 2 is 1.91 bits per heavy atom. The van der Waals surface area contributed by atoms with E-state index in [1.807, 2.05) is 6.07 Å². The van der Waals surface area contributed by atoms with Crippen molar-refractivity contribution < 1.29 is 19.4 Å². The van der Waals surface area contributed by atoms with Crippen LogP contribution >= 0.6 is 0 Å². The highest BCUT2D eigenvalue weighted by atomic mass is 16.6. The summed E-state index contributed by atoms with van der Waals surface area (Å²) in [7, 11) is 0. The third-order valence-corrected chi connectivity index (χ3v) is 2.71. The quantitative estimate of drug-likeness (QED) is 0.766. The smallest absolute Gasteiger partial charge is 0.408 e. The van der Waals surface area contributed by atoms with E-state index in [2.05, 4.69) is 10.6 Å². The number of rotatable bonds is 5. The van der Waals surface area contributed by atoms with Gasteiger partial charge in [-0.3, -0.25) is 4.79 Å². The van der Waals surface area contributed by atoms with Crippen LogP contribution in [0.2, 0.25) is 0 Å². The number of amides is 2. The van der Waals surface area contributed by atoms with E-state index in [0.717, 1.165) is 0 Å². The molecule has 7 nitrogen and oxygen atoms in total. The molecule has 1 aromatic carbocycles. The van der Waals surface area contributed by atoms with Crippen LogP contribution in [0.3, 0.4) is 0 Å². The number of nitrogens with zero attached hydrogens (tertiary/aromatic N) is 1. The van der Waals surface area contributed by atoms with Gasteiger partial charge in [-0.05, 0) is 51.5 Å². The maximum absolute atomic E-state index is 12.2. The van der Waals surface area contributed by atoms with E-state index in [0.29, 0.717) is 11.3 Å². The predicted octanol–water partition coefficient (Wildman–Crippen LogP) is 1.77. The summed E-state index contributed by atoms with van der Waals surface area (Å²) in [6.45, 7) is 4.88. The zero-order valence-corrected chi connectivity index (χ0v) is 13.4. The first-order chi connectivity index (χ1) is 10.7. The minimum Gasteiger partial charge on any atom is -0.444 e. The first-order valence-electron chi connectivity index (χ1n) is 7.16. The van der Waals surface area contributed by atoms with Crippen molar-refractivity contribution >= 4 is 17.7 Å². The van der Waals surface area contributed by atoms with Gasteiger partial charge in [0.2, 0.25) is 5.91 Å². The molecule has 0 radical (unpaired) electrons. The van der Waals surface area contributed by atoms with E-state index in [-0.39, 0.29) is 13.0 Å². The van der Waals surface area contributed by atoms with Crippen molar-refractivity contribution in [3.05, 3.63) is 29.8 Å². The SMILES string of the molecule is CC(C)(C)OC(=O)NC(CCO)C(=O)Nc1ccc(C#N)cc1. The van der Waals surface area contributed by atoms with Gasteiger partial charge in [0.1, 0.15) is 11.6 Å². The Morgan fingerprint density at radius 3 is 2.39 bits per heavy atom. The Balaban J connectivity index is 2.70. The Kier molecular flexibility index (Phi) is 6.54. The molecule has 23 heavy (non-hydrogen) atoms. The van der Waals surface area contributed by atoms with Crippen LogP contribution in [0.5, 0.6) is 0 Å². The fraction of sp³-hybridized carbons (Fsp3) is 0.438. The lowest BCUT2D eigenvalue weighted by molar-refractivity contribution is -0.118. The number of ether oxygens (including phenoxy) is 1. The van der Waals surface area contributed by atoms with Gasteiger partial charge in [-0.1, -0.05) is 0 Å². The number of alkyl carbamates (subject to hydrolysis) is 1. The summed E-state index contributed by atoms with van der Waals surface area (Å²) in [4.78, 5) is 24.0. The van der Waals surface area contributed by atoms with Gasteiger partial charge in [0.15, 0.2) is 0 Å². The molecular weight excluding hydrogens is 298 g/mol. The fourth-order valence-corrected chi connectivity index (χ4v) is 1.71. The van der Waals surface area contributed by atoms with Crippen LogP contribution in [0, 0.1) is 11.3 Å². The Hall–Kier alpha value is -2.59. The number of aliphatic hydroxyl groups excluding tert-OH is 1. The Labute approximate surface area is 135 Å². The number of carbonyl (C=O) groups is 2. The highest BCUT2D eigenvalue weighted by Crippen LogP contribution is 2.11. The zero-order valence-electron chi connectivity index (χ0n) is 13.4. The van der Waals surface area contributed by atoms with Crippen LogP contribution in [-0.2, 0) is 9.53 Å². The lowest BCUT2D eigenvalue weighted by Crippen LogP contribution is -2.46. The first-order valence-corrected chi connectivity index (χ1v) is 7.16. The summed E-state index contributed by atoms with van der Waals surface area (Å²) in [5.74, 6) is -0.477. The van der Waals surface area contributed by atoms with Crippen molar-refractivity contribution in [3.63, 3.8) is 0 Å². The molecule has 2 amide bonds. The minimum absolute atomic E-state index is 0.0569. The van der Waals surface area contributed by atoms with Gasteiger partial charge in [0.05, 0.1) is 11.6 Å². The number of carbonyl (C=O) groups excluding carboxylic acids is 2. The molecule has 1 unspecified atom stereocenters. The van der Waals surface area contributed by atoms with Crippen molar-refractivity contribution in [1.29, 1.82) is 5.26 Å². The van der Waals surface area contributed by atoms with Crippen LogP contribution in [0.1, 0.15) is 32.8 Å². The second-order valence-electron chi connectivity index (χ2n) is 5.89. The second-order valence-corrected chi connectivity index (χ2v) is 5.89. The van der Waals surface area contributed by atoms with Crippen molar-refractivity contribution in [2.75, 3.05) is 11.9 Å². The standard InChI is InChI=1S/C16H21N3O4/c1-16(2,3)23-15(22)19-13(8-9-20)14(21)18-12-6-4-11(10-17)5-7-12/h4-7,13,20H,8-9H2,1-3H3,(H,18,21)(H,19,22). The van der Waals surface area contributed by atoms with Crippen LogP contribution in [0.4, 0.5) is 10.5 Å².